The monoisotopic (exact) mass is 718 g/mol. The number of para-hydroxylation sites is 2. The Balaban J connectivity index is 1.12. The van der Waals surface area contributed by atoms with Gasteiger partial charge in [0, 0.05) is 32.9 Å². The Bertz CT molecular complexity index is 3030. The molecular weight excluding hydrogens is 677 g/mol. The van der Waals surface area contributed by atoms with Crippen LogP contribution in [0.2, 0.25) is 0 Å². The molecule has 1 spiro atoms. The highest BCUT2D eigenvalue weighted by Crippen LogP contribution is 2.69. The summed E-state index contributed by atoms with van der Waals surface area (Å²) in [6.45, 7) is 0. The van der Waals surface area contributed by atoms with Crippen LogP contribution in [0.4, 0.5) is 17.1 Å². The molecule has 4 fully saturated rings. The number of fused-ring (bicyclic) bond motifs is 8. The smallest absolute Gasteiger partial charge is 0.0562 e. The molecular formula is C54H42N2. The van der Waals surface area contributed by atoms with Crippen LogP contribution in [-0.2, 0) is 5.41 Å². The fourth-order valence-electron chi connectivity index (χ4n) is 12.9. The van der Waals surface area contributed by atoms with Crippen molar-refractivity contribution in [3.63, 3.8) is 0 Å². The zero-order chi connectivity index (χ0) is 36.5. The molecule has 5 aliphatic carbocycles. The summed E-state index contributed by atoms with van der Waals surface area (Å²) in [6, 6.07) is 64.4. The van der Waals surface area contributed by atoms with E-state index in [0.717, 1.165) is 11.8 Å². The van der Waals surface area contributed by atoms with Crippen LogP contribution in [0.15, 0.2) is 170 Å². The molecule has 5 aliphatic rings. The van der Waals surface area contributed by atoms with Crippen molar-refractivity contribution < 1.29 is 0 Å². The summed E-state index contributed by atoms with van der Waals surface area (Å²) < 4.78 is 2.45. The topological polar surface area (TPSA) is 8.17 Å². The van der Waals surface area contributed by atoms with Crippen LogP contribution in [0.3, 0.4) is 0 Å². The van der Waals surface area contributed by atoms with Gasteiger partial charge in [0.1, 0.15) is 0 Å². The molecule has 0 unspecified atom stereocenters. The van der Waals surface area contributed by atoms with Gasteiger partial charge < -0.3 is 9.47 Å². The minimum absolute atomic E-state index is 0.0886. The van der Waals surface area contributed by atoms with E-state index in [1.54, 1.807) is 11.1 Å². The van der Waals surface area contributed by atoms with E-state index in [-0.39, 0.29) is 5.41 Å². The van der Waals surface area contributed by atoms with Gasteiger partial charge >= 0.3 is 0 Å². The molecule has 2 nitrogen and oxygen atoms in total. The van der Waals surface area contributed by atoms with E-state index in [1.165, 1.54) is 109 Å². The minimum atomic E-state index is 0.0886. The van der Waals surface area contributed by atoms with Crippen molar-refractivity contribution >= 4 is 60.4 Å². The van der Waals surface area contributed by atoms with Crippen LogP contribution in [0.5, 0.6) is 0 Å². The first kappa shape index (κ1) is 31.1. The molecule has 268 valence electrons. The molecule has 1 aromatic heterocycles. The Labute approximate surface area is 327 Å². The van der Waals surface area contributed by atoms with Crippen LogP contribution < -0.4 is 4.90 Å². The van der Waals surface area contributed by atoms with Gasteiger partial charge in [-0.1, -0.05) is 109 Å². The number of hydrogen-bond donors (Lipinski definition) is 0. The lowest BCUT2D eigenvalue weighted by Crippen LogP contribution is -2.55. The van der Waals surface area contributed by atoms with E-state index in [1.807, 2.05) is 0 Å². The van der Waals surface area contributed by atoms with E-state index in [0.29, 0.717) is 11.8 Å². The number of rotatable bonds is 4. The molecule has 0 aliphatic heterocycles. The largest absolute Gasteiger partial charge is 0.309 e. The molecule has 2 heteroatoms. The lowest BCUT2D eigenvalue weighted by Gasteiger charge is -2.61. The van der Waals surface area contributed by atoms with Crippen molar-refractivity contribution in [1.29, 1.82) is 0 Å². The summed E-state index contributed by atoms with van der Waals surface area (Å²) in [7, 11) is 0. The third-order valence-electron chi connectivity index (χ3n) is 14.7. The van der Waals surface area contributed by atoms with Crippen molar-refractivity contribution in [2.24, 2.45) is 23.7 Å². The molecule has 0 N–H and O–H groups in total. The summed E-state index contributed by atoms with van der Waals surface area (Å²) in [6.07, 6.45) is 6.97. The van der Waals surface area contributed by atoms with Crippen LogP contribution in [0.1, 0.15) is 43.2 Å². The van der Waals surface area contributed by atoms with Gasteiger partial charge in [-0.05, 0) is 155 Å². The average Bonchev–Trinajstić information content (AvgIpc) is 3.73. The third-order valence-corrected chi connectivity index (χ3v) is 14.7. The molecule has 1 heterocycles. The average molecular weight is 719 g/mol. The van der Waals surface area contributed by atoms with Gasteiger partial charge in [-0.3, -0.25) is 0 Å². The molecule has 4 saturated carbocycles. The first-order chi connectivity index (χ1) is 27.7. The van der Waals surface area contributed by atoms with Crippen LogP contribution >= 0.6 is 0 Å². The number of anilines is 3. The standard InChI is InChI=1S/C54H42N2/c1-2-15-41(16-3-1)55-49-20-9-7-18-45(49)53-51(55)22-11-23-52(53)56(50-21-10-14-38-31-36-12-4-5-13-37(36)32-46(38)50)42-24-25-44-43-17-6-8-19-47(43)54(48(44)33-42)39-27-34-26-35(29-39)30-40(54)28-34/h1-25,31-35,39-40H,26-30H2. The van der Waals surface area contributed by atoms with Gasteiger partial charge in [0.25, 0.3) is 0 Å². The second-order valence-electron chi connectivity index (χ2n) is 17.3. The first-order valence-corrected chi connectivity index (χ1v) is 20.8. The van der Waals surface area contributed by atoms with E-state index in [4.69, 9.17) is 0 Å². The number of nitrogens with zero attached hydrogens (tertiary/aromatic N) is 2. The molecule has 0 atom stereocenters. The minimum Gasteiger partial charge on any atom is -0.309 e. The maximum absolute atomic E-state index is 2.66. The van der Waals surface area contributed by atoms with Gasteiger partial charge in [-0.15, -0.1) is 0 Å². The second-order valence-corrected chi connectivity index (χ2v) is 17.3. The Morgan fingerprint density at radius 1 is 0.446 bits per heavy atom. The van der Waals surface area contributed by atoms with Crippen molar-refractivity contribution in [2.45, 2.75) is 37.5 Å². The summed E-state index contributed by atoms with van der Waals surface area (Å²) >= 11 is 0. The van der Waals surface area contributed by atoms with Crippen molar-refractivity contribution in [3.8, 4) is 16.8 Å². The summed E-state index contributed by atoms with van der Waals surface area (Å²) in [5, 5.41) is 7.61. The van der Waals surface area contributed by atoms with E-state index in [2.05, 4.69) is 179 Å². The summed E-state index contributed by atoms with van der Waals surface area (Å²) in [5.41, 5.74) is 13.5. The van der Waals surface area contributed by atoms with Gasteiger partial charge in [0.05, 0.1) is 22.4 Å². The SMILES string of the molecule is c1ccc(-n2c3ccccc3c3c(N(c4ccc5c(c4)C4(c6ccccc6-5)C5CC6CC(C5)CC4C6)c4cccc5cc6ccccc6cc45)cccc32)cc1. The maximum atomic E-state index is 2.66. The first-order valence-electron chi connectivity index (χ1n) is 20.8. The number of hydrogen-bond acceptors (Lipinski definition) is 1. The highest BCUT2D eigenvalue weighted by molar-refractivity contribution is 6.18. The molecule has 4 bridgehead atoms. The highest BCUT2D eigenvalue weighted by Gasteiger charge is 2.61. The normalized spacial score (nSPS) is 23.1. The number of benzene rings is 8. The molecule has 0 saturated heterocycles. The Morgan fingerprint density at radius 3 is 1.93 bits per heavy atom. The predicted molar refractivity (Wildman–Crippen MR) is 234 cm³/mol. The van der Waals surface area contributed by atoms with Crippen molar-refractivity contribution in [1.82, 2.24) is 4.57 Å². The van der Waals surface area contributed by atoms with Gasteiger partial charge in [-0.25, -0.2) is 0 Å². The zero-order valence-corrected chi connectivity index (χ0v) is 31.4. The van der Waals surface area contributed by atoms with Crippen LogP contribution in [0, 0.1) is 23.7 Å². The quantitative estimate of drug-likeness (QED) is 0.165. The Hall–Kier alpha value is -6.12. The predicted octanol–water partition coefficient (Wildman–Crippen LogP) is 14.3. The zero-order valence-electron chi connectivity index (χ0n) is 31.4. The van der Waals surface area contributed by atoms with E-state index >= 15 is 0 Å². The second kappa shape index (κ2) is 11.5. The van der Waals surface area contributed by atoms with E-state index < -0.39 is 0 Å². The Morgan fingerprint density at radius 2 is 1.09 bits per heavy atom. The highest BCUT2D eigenvalue weighted by atomic mass is 15.1. The van der Waals surface area contributed by atoms with E-state index in [9.17, 15) is 0 Å². The molecule has 9 aromatic rings. The molecule has 56 heavy (non-hydrogen) atoms. The lowest BCUT2D eigenvalue weighted by atomic mass is 9.43. The van der Waals surface area contributed by atoms with Gasteiger partial charge in [-0.2, -0.15) is 0 Å². The van der Waals surface area contributed by atoms with Gasteiger partial charge in [0.15, 0.2) is 0 Å². The Kier molecular flexibility index (Phi) is 6.37. The molecule has 14 rings (SSSR count). The van der Waals surface area contributed by atoms with Crippen molar-refractivity contribution in [2.75, 3.05) is 4.90 Å². The number of aromatic nitrogens is 1. The summed E-state index contributed by atoms with van der Waals surface area (Å²) in [4.78, 5) is 2.62. The van der Waals surface area contributed by atoms with Crippen molar-refractivity contribution in [3.05, 3.63) is 181 Å². The third kappa shape index (κ3) is 4.12. The lowest BCUT2D eigenvalue weighted by molar-refractivity contribution is -0.0399. The maximum Gasteiger partial charge on any atom is 0.0562 e. The van der Waals surface area contributed by atoms with Crippen LogP contribution in [-0.4, -0.2) is 4.57 Å². The molecule has 0 amide bonds. The molecule has 8 aromatic carbocycles. The fraction of sp³-hybridized carbons (Fsp3) is 0.185. The fourth-order valence-corrected chi connectivity index (χ4v) is 12.9. The van der Waals surface area contributed by atoms with Crippen LogP contribution in [0.25, 0.3) is 60.2 Å². The van der Waals surface area contributed by atoms with Gasteiger partial charge in [0.2, 0.25) is 0 Å². The summed E-state index contributed by atoms with van der Waals surface area (Å²) in [5.74, 6) is 3.23. The molecule has 0 radical (unpaired) electrons.